The summed E-state index contributed by atoms with van der Waals surface area (Å²) >= 11 is 12.9. The van der Waals surface area contributed by atoms with Crippen molar-refractivity contribution < 1.29 is 9.59 Å². The highest BCUT2D eigenvalue weighted by Gasteiger charge is 2.31. The van der Waals surface area contributed by atoms with E-state index in [4.69, 9.17) is 23.2 Å². The van der Waals surface area contributed by atoms with Gasteiger partial charge in [-0.1, -0.05) is 104 Å². The first-order valence-electron chi connectivity index (χ1n) is 12.1. The van der Waals surface area contributed by atoms with Gasteiger partial charge in [0.25, 0.3) is 0 Å². The lowest BCUT2D eigenvalue weighted by Crippen LogP contribution is -2.49. The van der Waals surface area contributed by atoms with Crippen LogP contribution in [0.5, 0.6) is 0 Å². The molecule has 3 aromatic carbocycles. The summed E-state index contributed by atoms with van der Waals surface area (Å²) in [5, 5.41) is 3.90. The Labute approximate surface area is 218 Å². The zero-order valence-electron chi connectivity index (χ0n) is 20.2. The number of nitrogens with one attached hydrogen (secondary N) is 1. The lowest BCUT2D eigenvalue weighted by atomic mass is 9.88. The van der Waals surface area contributed by atoms with Crippen LogP contribution in [-0.2, 0) is 16.1 Å². The van der Waals surface area contributed by atoms with Crippen LogP contribution in [0.1, 0.15) is 55.7 Å². The fourth-order valence-electron chi connectivity index (χ4n) is 4.23. The number of benzene rings is 3. The maximum absolute atomic E-state index is 14.0. The van der Waals surface area contributed by atoms with Gasteiger partial charge in [0.1, 0.15) is 6.04 Å². The number of nitrogens with zero attached hydrogens (tertiary/aromatic N) is 1. The number of hydrogen-bond acceptors (Lipinski definition) is 2. The molecular formula is C29H32Cl2N2O2. The minimum atomic E-state index is -0.631. The highest BCUT2D eigenvalue weighted by atomic mass is 35.5. The van der Waals surface area contributed by atoms with Crippen molar-refractivity contribution in [3.63, 3.8) is 0 Å². The minimum absolute atomic E-state index is 0.128. The van der Waals surface area contributed by atoms with Crippen LogP contribution < -0.4 is 5.32 Å². The van der Waals surface area contributed by atoms with Gasteiger partial charge in [-0.05, 0) is 36.1 Å². The molecule has 0 heterocycles. The third-order valence-electron chi connectivity index (χ3n) is 6.11. The van der Waals surface area contributed by atoms with E-state index in [1.807, 2.05) is 74.5 Å². The Kier molecular flexibility index (Phi) is 10.2. The molecule has 0 aliphatic carbocycles. The normalized spacial score (nSPS) is 11.8. The molecule has 4 nitrogen and oxygen atoms in total. The van der Waals surface area contributed by atoms with E-state index in [-0.39, 0.29) is 30.7 Å². The van der Waals surface area contributed by atoms with Crippen LogP contribution in [0.3, 0.4) is 0 Å². The number of hydrogen-bond donors (Lipinski definition) is 1. The van der Waals surface area contributed by atoms with Gasteiger partial charge in [0, 0.05) is 41.0 Å². The van der Waals surface area contributed by atoms with E-state index in [9.17, 15) is 9.59 Å². The lowest BCUT2D eigenvalue weighted by molar-refractivity contribution is -0.141. The van der Waals surface area contributed by atoms with E-state index < -0.39 is 6.04 Å². The number of carbonyl (C=O) groups is 2. The summed E-state index contributed by atoms with van der Waals surface area (Å²) in [5.41, 5.74) is 2.74. The molecule has 2 amide bonds. The standard InChI is InChI=1S/C29H32Cl2N2O2/c1-3-18-32-29(35)27(4-2)33(20-24-25(30)16-11-17-26(24)31)28(34)19-23(21-12-7-5-8-13-21)22-14-9-6-10-15-22/h5-17,23,27H,3-4,18-20H2,1-2H3,(H,32,35). The fraction of sp³-hybridized carbons (Fsp3) is 0.310. The monoisotopic (exact) mass is 510 g/mol. The van der Waals surface area contributed by atoms with E-state index in [0.717, 1.165) is 17.5 Å². The van der Waals surface area contributed by atoms with Crippen molar-refractivity contribution in [1.82, 2.24) is 10.2 Å². The van der Waals surface area contributed by atoms with Crippen molar-refractivity contribution in [3.05, 3.63) is 106 Å². The molecule has 1 N–H and O–H groups in total. The van der Waals surface area contributed by atoms with Gasteiger partial charge in [0.2, 0.25) is 11.8 Å². The van der Waals surface area contributed by atoms with Gasteiger partial charge in [-0.3, -0.25) is 9.59 Å². The molecule has 1 atom stereocenters. The summed E-state index contributed by atoms with van der Waals surface area (Å²) in [6.45, 7) is 4.63. The molecule has 3 aromatic rings. The van der Waals surface area contributed by atoms with Crippen LogP contribution in [0, 0.1) is 0 Å². The smallest absolute Gasteiger partial charge is 0.242 e. The summed E-state index contributed by atoms with van der Waals surface area (Å²) in [7, 11) is 0. The van der Waals surface area contributed by atoms with Crippen LogP contribution in [0.25, 0.3) is 0 Å². The predicted molar refractivity (Wildman–Crippen MR) is 144 cm³/mol. The second-order valence-electron chi connectivity index (χ2n) is 8.52. The summed E-state index contributed by atoms with van der Waals surface area (Å²) in [5.74, 6) is -0.440. The average molecular weight is 511 g/mol. The predicted octanol–water partition coefficient (Wildman–Crippen LogP) is 6.85. The molecule has 184 valence electrons. The number of amides is 2. The molecule has 3 rings (SSSR count). The average Bonchev–Trinajstić information content (AvgIpc) is 2.88. The maximum Gasteiger partial charge on any atom is 0.242 e. The summed E-state index contributed by atoms with van der Waals surface area (Å²) in [4.78, 5) is 28.7. The summed E-state index contributed by atoms with van der Waals surface area (Å²) in [6, 6.07) is 24.6. The lowest BCUT2D eigenvalue weighted by Gasteiger charge is -2.32. The zero-order chi connectivity index (χ0) is 25.2. The van der Waals surface area contributed by atoms with E-state index in [1.54, 1.807) is 23.1 Å². The minimum Gasteiger partial charge on any atom is -0.354 e. The fourth-order valence-corrected chi connectivity index (χ4v) is 4.75. The van der Waals surface area contributed by atoms with Crippen molar-refractivity contribution in [2.45, 2.75) is 51.6 Å². The Morgan fingerprint density at radius 3 is 1.86 bits per heavy atom. The van der Waals surface area contributed by atoms with Crippen molar-refractivity contribution in [1.29, 1.82) is 0 Å². The number of carbonyl (C=O) groups excluding carboxylic acids is 2. The Morgan fingerprint density at radius 2 is 1.37 bits per heavy atom. The van der Waals surface area contributed by atoms with Gasteiger partial charge in [-0.15, -0.1) is 0 Å². The molecule has 6 heteroatoms. The highest BCUT2D eigenvalue weighted by Crippen LogP contribution is 2.31. The Hall–Kier alpha value is -2.82. The van der Waals surface area contributed by atoms with Crippen LogP contribution in [0.4, 0.5) is 0 Å². The second-order valence-corrected chi connectivity index (χ2v) is 9.33. The van der Waals surface area contributed by atoms with Crippen LogP contribution >= 0.6 is 23.2 Å². The van der Waals surface area contributed by atoms with E-state index in [1.165, 1.54) is 0 Å². The molecule has 0 fully saturated rings. The first-order valence-corrected chi connectivity index (χ1v) is 12.8. The molecule has 0 spiro atoms. The topological polar surface area (TPSA) is 49.4 Å². The third kappa shape index (κ3) is 7.09. The maximum atomic E-state index is 14.0. The van der Waals surface area contributed by atoms with Crippen LogP contribution in [0.15, 0.2) is 78.9 Å². The Bertz CT molecular complexity index is 1050. The molecule has 0 radical (unpaired) electrons. The molecule has 0 saturated heterocycles. The van der Waals surface area contributed by atoms with Gasteiger partial charge in [-0.2, -0.15) is 0 Å². The van der Waals surface area contributed by atoms with Gasteiger partial charge < -0.3 is 10.2 Å². The molecular weight excluding hydrogens is 479 g/mol. The molecule has 0 aliphatic rings. The first kappa shape index (κ1) is 26.8. The SMILES string of the molecule is CCCNC(=O)C(CC)N(Cc1c(Cl)cccc1Cl)C(=O)CC(c1ccccc1)c1ccccc1. The number of rotatable bonds is 11. The third-order valence-corrected chi connectivity index (χ3v) is 6.82. The molecule has 0 bridgehead atoms. The summed E-state index contributed by atoms with van der Waals surface area (Å²) < 4.78 is 0. The van der Waals surface area contributed by atoms with Gasteiger partial charge >= 0.3 is 0 Å². The van der Waals surface area contributed by atoms with Crippen molar-refractivity contribution >= 4 is 35.0 Å². The van der Waals surface area contributed by atoms with E-state index in [2.05, 4.69) is 5.32 Å². The number of halogens is 2. The first-order chi connectivity index (χ1) is 17.0. The van der Waals surface area contributed by atoms with Crippen LogP contribution in [0.2, 0.25) is 10.0 Å². The van der Waals surface area contributed by atoms with Gasteiger partial charge in [0.15, 0.2) is 0 Å². The van der Waals surface area contributed by atoms with E-state index >= 15 is 0 Å². The van der Waals surface area contributed by atoms with Crippen molar-refractivity contribution in [2.24, 2.45) is 0 Å². The second kappa shape index (κ2) is 13.3. The quantitative estimate of drug-likeness (QED) is 0.306. The molecule has 35 heavy (non-hydrogen) atoms. The van der Waals surface area contributed by atoms with Gasteiger partial charge in [0.05, 0.1) is 0 Å². The van der Waals surface area contributed by atoms with Crippen LogP contribution in [-0.4, -0.2) is 29.3 Å². The molecule has 0 saturated carbocycles. The van der Waals surface area contributed by atoms with Crippen molar-refractivity contribution in [3.8, 4) is 0 Å². The molecule has 0 aliphatic heterocycles. The molecule has 1 unspecified atom stereocenters. The van der Waals surface area contributed by atoms with E-state index in [0.29, 0.717) is 28.6 Å². The van der Waals surface area contributed by atoms with Crippen molar-refractivity contribution in [2.75, 3.05) is 6.54 Å². The Morgan fingerprint density at radius 1 is 0.829 bits per heavy atom. The largest absolute Gasteiger partial charge is 0.354 e. The molecule has 0 aromatic heterocycles. The van der Waals surface area contributed by atoms with Gasteiger partial charge in [-0.25, -0.2) is 0 Å². The highest BCUT2D eigenvalue weighted by molar-refractivity contribution is 6.36. The zero-order valence-corrected chi connectivity index (χ0v) is 21.7. The summed E-state index contributed by atoms with van der Waals surface area (Å²) in [6.07, 6.45) is 1.51. The Balaban J connectivity index is 1.98.